The van der Waals surface area contributed by atoms with E-state index in [1.54, 1.807) is 12.4 Å². The molecule has 0 saturated carbocycles. The third-order valence-electron chi connectivity index (χ3n) is 29.0. The molecule has 14 aromatic carbocycles. The number of fused-ring (bicyclic) bond motifs is 20. The van der Waals surface area contributed by atoms with Gasteiger partial charge in [0.2, 0.25) is 0 Å². The van der Waals surface area contributed by atoms with Gasteiger partial charge in [-0.15, -0.1) is 0 Å². The van der Waals surface area contributed by atoms with Crippen molar-refractivity contribution in [2.24, 2.45) is 0 Å². The molecule has 696 valence electrons. The Morgan fingerprint density at radius 3 is 0.688 bits per heavy atom. The Bertz CT molecular complexity index is 7790. The lowest BCUT2D eigenvalue weighted by Gasteiger charge is -2.26. The van der Waals surface area contributed by atoms with Crippen LogP contribution in [0.15, 0.2) is 401 Å². The van der Waals surface area contributed by atoms with Gasteiger partial charge < -0.3 is 39.2 Å². The van der Waals surface area contributed by atoms with Crippen molar-refractivity contribution < 1.29 is 0 Å². The lowest BCUT2D eigenvalue weighted by molar-refractivity contribution is 0.723. The lowest BCUT2D eigenvalue weighted by Crippen LogP contribution is -2.36. The van der Waals surface area contributed by atoms with E-state index in [2.05, 4.69) is 438 Å². The molecule has 4 atom stereocenters. The highest BCUT2D eigenvalue weighted by Crippen LogP contribution is 2.59. The highest BCUT2D eigenvalue weighted by atomic mass is 15.5. The molecule has 0 N–H and O–H groups in total. The van der Waals surface area contributed by atoms with E-state index in [0.29, 0.717) is 0 Å². The molecule has 4 unspecified atom stereocenters. The minimum Gasteiger partial charge on any atom is -0.301 e. The number of anilines is 16. The van der Waals surface area contributed by atoms with Crippen molar-refractivity contribution in [3.63, 3.8) is 0 Å². The van der Waals surface area contributed by atoms with E-state index in [4.69, 9.17) is 39.9 Å². The van der Waals surface area contributed by atoms with Crippen molar-refractivity contribution in [2.45, 2.75) is 106 Å². The van der Waals surface area contributed by atoms with E-state index in [1.807, 2.05) is 54.9 Å². The first kappa shape index (κ1) is 87.6. The smallest absolute Gasteiger partial charge is 0.179 e. The molecule has 14 heterocycles. The fourth-order valence-electron chi connectivity index (χ4n) is 22.9. The van der Waals surface area contributed by atoms with E-state index < -0.39 is 0 Å². The van der Waals surface area contributed by atoms with Gasteiger partial charge in [-0.2, -0.15) is 0 Å². The molecular formula is C126H102N18. The topological polar surface area (TPSA) is 155 Å². The molecule has 18 heteroatoms. The van der Waals surface area contributed by atoms with Crippen LogP contribution in [0.5, 0.6) is 0 Å². The molecular weight excluding hydrogens is 1770 g/mol. The third-order valence-corrected chi connectivity index (χ3v) is 29.0. The quantitative estimate of drug-likeness (QED) is 0.114. The van der Waals surface area contributed by atoms with Crippen LogP contribution in [0.2, 0.25) is 0 Å². The lowest BCUT2D eigenvalue weighted by atomic mass is 9.91. The first-order valence-corrected chi connectivity index (χ1v) is 49.5. The summed E-state index contributed by atoms with van der Waals surface area (Å²) in [5.74, 6) is 7.23. The standard InChI is InChI=1S/C36H34N4.C32H26N4.C30H22N4.C28H20N6/c1-21-16-23(3)31(24(4)17-21)33-34(32-25(5)18-22(2)19-26(32)6)38-36-35(37-33)39(28-13-8-7-9-14-28)30-20-27-12-10-11-15-29(27)40(30)36;1-21-12-6-9-17-25(21)29-30(26-18-10-7-13-22(26)2)34-32-31(33-29)35(24-15-4-3-5-16-24)28-20-23-14-8-11-19-27(23)36(28)32;1-4-12-21(13-5-1)27-28(22-14-6-2-7-15-22)32-30-29(31-27)33(24-17-8-3-9-18-24)26-20-23-16-10-11-19-25(23)34(26)30;1-2-11-22(12-3-1)33-24-16-19-8-4-5-13-23(19)34(24)28-27(33)31-25(20-9-6-14-29-17-20)26(32-28)21-10-7-15-30-18-21/h7-19,30H,20H2,1-6H3;3-19,28H,20H2,1-2H3;1-19,26H,20H2;1-15,17-18,24H,16H2. The average molecular weight is 1870 g/mol. The zero-order chi connectivity index (χ0) is 96.9. The zero-order valence-corrected chi connectivity index (χ0v) is 81.3. The largest absolute Gasteiger partial charge is 0.301 e. The molecule has 144 heavy (non-hydrogen) atoms. The molecule has 0 aliphatic carbocycles. The molecule has 6 aromatic heterocycles. The summed E-state index contributed by atoms with van der Waals surface area (Å²) in [6.45, 7) is 17.4. The van der Waals surface area contributed by atoms with Crippen molar-refractivity contribution >= 4 is 92.0 Å². The normalized spacial score (nSPS) is 15.6. The Labute approximate surface area is 839 Å². The molecule has 8 aliphatic heterocycles. The van der Waals surface area contributed by atoms with Gasteiger partial charge in [0, 0.05) is 140 Å². The summed E-state index contributed by atoms with van der Waals surface area (Å²) in [4.78, 5) is 70.9. The first-order chi connectivity index (χ1) is 70.8. The summed E-state index contributed by atoms with van der Waals surface area (Å²) in [5.41, 5.74) is 40.3. The predicted octanol–water partition coefficient (Wildman–Crippen LogP) is 29.2. The van der Waals surface area contributed by atoms with Gasteiger partial charge in [-0.05, 0) is 208 Å². The van der Waals surface area contributed by atoms with E-state index >= 15 is 0 Å². The first-order valence-electron chi connectivity index (χ1n) is 49.5. The second-order valence-corrected chi connectivity index (χ2v) is 38.2. The van der Waals surface area contributed by atoms with Crippen molar-refractivity contribution in [2.75, 3.05) is 39.2 Å². The van der Waals surface area contributed by atoms with Gasteiger partial charge in [-0.25, -0.2) is 39.9 Å². The highest BCUT2D eigenvalue weighted by molar-refractivity contribution is 5.98. The minimum atomic E-state index is 0.0840. The van der Waals surface area contributed by atoms with E-state index in [1.165, 1.54) is 101 Å². The molecule has 0 saturated heterocycles. The van der Waals surface area contributed by atoms with Gasteiger partial charge in [-0.1, -0.05) is 290 Å². The Morgan fingerprint density at radius 1 is 0.194 bits per heavy atom. The van der Waals surface area contributed by atoms with Crippen LogP contribution in [-0.2, 0) is 25.7 Å². The van der Waals surface area contributed by atoms with Crippen molar-refractivity contribution in [1.82, 2.24) is 49.8 Å². The molecule has 0 amide bonds. The van der Waals surface area contributed by atoms with Crippen LogP contribution in [0.1, 0.15) is 66.8 Å². The number of pyridine rings is 2. The van der Waals surface area contributed by atoms with Crippen LogP contribution >= 0.6 is 0 Å². The van der Waals surface area contributed by atoms with Gasteiger partial charge in [-0.3, -0.25) is 9.97 Å². The van der Waals surface area contributed by atoms with Gasteiger partial charge in [0.15, 0.2) is 46.5 Å². The summed E-state index contributed by atoms with van der Waals surface area (Å²) < 4.78 is 0. The fourth-order valence-corrected chi connectivity index (χ4v) is 22.9. The predicted molar refractivity (Wildman–Crippen MR) is 584 cm³/mol. The van der Waals surface area contributed by atoms with Crippen LogP contribution in [0.4, 0.5) is 92.0 Å². The number of nitrogens with zero attached hydrogens (tertiary/aromatic N) is 18. The van der Waals surface area contributed by atoms with Gasteiger partial charge >= 0.3 is 0 Å². The molecule has 0 fully saturated rings. The molecule has 0 radical (unpaired) electrons. The molecule has 20 aromatic rings. The molecule has 0 spiro atoms. The van der Waals surface area contributed by atoms with E-state index in [0.717, 1.165) is 174 Å². The number of benzene rings is 14. The Kier molecular flexibility index (Phi) is 22.1. The second kappa shape index (κ2) is 36.4. The molecule has 18 nitrogen and oxygen atoms in total. The number of hydrogen-bond acceptors (Lipinski definition) is 18. The van der Waals surface area contributed by atoms with Crippen LogP contribution < -0.4 is 39.2 Å². The Morgan fingerprint density at radius 2 is 0.417 bits per heavy atom. The summed E-state index contributed by atoms with van der Waals surface area (Å²) >= 11 is 0. The van der Waals surface area contributed by atoms with Crippen LogP contribution in [-0.4, -0.2) is 74.5 Å². The monoisotopic (exact) mass is 1870 g/mol. The number of para-hydroxylation sites is 8. The summed E-state index contributed by atoms with van der Waals surface area (Å²) in [5, 5.41) is 0. The van der Waals surface area contributed by atoms with Crippen molar-refractivity contribution in [3.05, 3.63) is 468 Å². The number of aromatic nitrogens is 10. The molecule has 8 aliphatic rings. The van der Waals surface area contributed by atoms with Gasteiger partial charge in [0.25, 0.3) is 0 Å². The minimum absolute atomic E-state index is 0.0840. The maximum absolute atomic E-state index is 5.59. The maximum atomic E-state index is 5.59. The second-order valence-electron chi connectivity index (χ2n) is 38.2. The van der Waals surface area contributed by atoms with Crippen LogP contribution in [0.3, 0.4) is 0 Å². The molecule has 0 bridgehead atoms. The van der Waals surface area contributed by atoms with E-state index in [-0.39, 0.29) is 24.7 Å². The number of rotatable bonds is 12. The summed E-state index contributed by atoms with van der Waals surface area (Å²) in [6.07, 6.45) is 11.3. The zero-order valence-electron chi connectivity index (χ0n) is 81.3. The van der Waals surface area contributed by atoms with Crippen molar-refractivity contribution in [1.29, 1.82) is 0 Å². The Hall–Kier alpha value is -17.9. The van der Waals surface area contributed by atoms with Crippen LogP contribution in [0, 0.1) is 55.4 Å². The summed E-state index contributed by atoms with van der Waals surface area (Å²) in [6, 6.07) is 132. The maximum Gasteiger partial charge on any atom is 0.179 e. The highest BCUT2D eigenvalue weighted by Gasteiger charge is 2.51. The molecule has 28 rings (SSSR count). The Balaban J connectivity index is 0.000000101. The fraction of sp³-hybridized carbons (Fsp3) is 0.127. The summed E-state index contributed by atoms with van der Waals surface area (Å²) in [7, 11) is 0. The van der Waals surface area contributed by atoms with Gasteiger partial charge in [0.05, 0.1) is 34.2 Å². The average Bonchev–Trinajstić information content (AvgIpc) is 1.59. The number of aryl methyl sites for hydroxylation is 8. The van der Waals surface area contributed by atoms with Crippen LogP contribution in [0.25, 0.3) is 90.1 Å². The van der Waals surface area contributed by atoms with E-state index in [9.17, 15) is 0 Å². The van der Waals surface area contributed by atoms with Gasteiger partial charge in [0.1, 0.15) is 36.1 Å². The number of hydrogen-bond donors (Lipinski definition) is 0. The SMILES string of the molecule is Cc1cc(C)c(-c2nc3c(nc2-c2c(C)cc(C)cc2C)N2c4ccccc4CC2N3c2ccccc2)c(C)c1.Cc1ccccc1-c1nc2c(nc1-c1ccccc1C)N1c3ccccc3CC1N2c1ccccc1.c1ccc(-c2nc3c(nc2-c2ccccc2)N2c4ccccc4CC2N3c2ccccc2)cc1.c1ccc(N2c3nc(-c4cccnc4)c(-c4cccnc4)nc3N3c4ccccc4CC23)cc1. The van der Waals surface area contributed by atoms with Crippen molar-refractivity contribution in [3.8, 4) is 90.1 Å². The third kappa shape index (κ3) is 15.2.